The second-order valence-corrected chi connectivity index (χ2v) is 6.98. The first kappa shape index (κ1) is 28.9. The van der Waals surface area contributed by atoms with E-state index in [1.807, 2.05) is 0 Å². The summed E-state index contributed by atoms with van der Waals surface area (Å²) in [7, 11) is 0. The number of aliphatic hydroxyl groups is 1. The fourth-order valence-corrected chi connectivity index (χ4v) is 2.44. The zero-order valence-electron chi connectivity index (χ0n) is 17.2. The van der Waals surface area contributed by atoms with Crippen molar-refractivity contribution in [2.24, 2.45) is 27.9 Å². The van der Waals surface area contributed by atoms with Crippen molar-refractivity contribution in [2.45, 2.75) is 43.4 Å². The number of nitrogens with one attached hydrogen (secondary N) is 3. The van der Waals surface area contributed by atoms with E-state index in [1.165, 1.54) is 0 Å². The molecule has 4 amide bonds. The number of carbonyl (C=O) groups excluding carboxylic acids is 4. The van der Waals surface area contributed by atoms with Gasteiger partial charge in [0, 0.05) is 12.3 Å². The number of hydrogen-bond acceptors (Lipinski definition) is 9. The monoisotopic (exact) mass is 478 g/mol. The highest BCUT2D eigenvalue weighted by Gasteiger charge is 2.30. The number of aliphatic hydroxyl groups excluding tert-OH is 1. The molecule has 0 aliphatic rings. The standard InChI is InChI=1S/C16H30N8O7S/c17-7(6-32)12(27)24-10(5-25)14(29)22-8(2-1-3-21-16(19)20)13(28)23-9(15(30)31)4-11(18)26/h7-10,25,32H,1-6,17H2,(H2,18,26)(H,22,29)(H,23,28)(H,24,27)(H,30,31)(H4,19,20,21). The van der Waals surface area contributed by atoms with Crippen LogP contribution in [0.4, 0.5) is 0 Å². The number of hydrogen-bond donors (Lipinski definition) is 10. The molecule has 0 saturated carbocycles. The molecule has 0 bridgehead atoms. The molecule has 0 aromatic rings. The summed E-state index contributed by atoms with van der Waals surface area (Å²) in [4.78, 5) is 63.0. The molecule has 0 aliphatic carbocycles. The summed E-state index contributed by atoms with van der Waals surface area (Å²) in [6.07, 6.45) is -0.517. The predicted molar refractivity (Wildman–Crippen MR) is 116 cm³/mol. The fraction of sp³-hybridized carbons (Fsp3) is 0.625. The van der Waals surface area contributed by atoms with Crippen LogP contribution >= 0.6 is 12.6 Å². The number of carbonyl (C=O) groups is 5. The number of guanidine groups is 1. The Labute approximate surface area is 189 Å². The average Bonchev–Trinajstić information content (AvgIpc) is 2.71. The molecule has 0 spiro atoms. The maximum Gasteiger partial charge on any atom is 0.326 e. The number of nitrogens with zero attached hydrogens (tertiary/aromatic N) is 1. The molecule has 0 aromatic heterocycles. The SMILES string of the molecule is NC(=O)CC(NC(=O)C(CCCN=C(N)N)NC(=O)C(CO)NC(=O)C(N)CS)C(=O)O. The van der Waals surface area contributed by atoms with E-state index < -0.39 is 66.8 Å². The minimum absolute atomic E-state index is 0.0160. The molecule has 32 heavy (non-hydrogen) atoms. The van der Waals surface area contributed by atoms with Crippen molar-refractivity contribution < 1.29 is 34.2 Å². The van der Waals surface area contributed by atoms with Crippen LogP contribution in [0.15, 0.2) is 4.99 Å². The van der Waals surface area contributed by atoms with E-state index in [-0.39, 0.29) is 31.1 Å². The van der Waals surface area contributed by atoms with Crippen LogP contribution < -0.4 is 38.9 Å². The lowest BCUT2D eigenvalue weighted by molar-refractivity contribution is -0.143. The van der Waals surface area contributed by atoms with Gasteiger partial charge in [-0.15, -0.1) is 0 Å². The van der Waals surface area contributed by atoms with Crippen molar-refractivity contribution in [2.75, 3.05) is 18.9 Å². The number of amides is 4. The quantitative estimate of drug-likeness (QED) is 0.0461. The first-order valence-electron chi connectivity index (χ1n) is 9.37. The summed E-state index contributed by atoms with van der Waals surface area (Å²) >= 11 is 3.86. The molecule has 0 aromatic carbocycles. The maximum absolute atomic E-state index is 12.6. The van der Waals surface area contributed by atoms with Gasteiger partial charge in [0.25, 0.3) is 0 Å². The first-order valence-corrected chi connectivity index (χ1v) is 10.0. The average molecular weight is 479 g/mol. The minimum Gasteiger partial charge on any atom is -0.480 e. The van der Waals surface area contributed by atoms with Gasteiger partial charge in [-0.1, -0.05) is 0 Å². The molecule has 4 unspecified atom stereocenters. The molecular formula is C16H30N8O7S. The molecule has 4 atom stereocenters. The summed E-state index contributed by atoms with van der Waals surface area (Å²) in [6.45, 7) is -0.707. The van der Waals surface area contributed by atoms with Crippen LogP contribution in [0.1, 0.15) is 19.3 Å². The number of aliphatic imine (C=N–C) groups is 1. The lowest BCUT2D eigenvalue weighted by Crippen LogP contribution is -2.58. The molecule has 0 saturated heterocycles. The molecule has 0 heterocycles. The Kier molecular flexibility index (Phi) is 13.4. The Balaban J connectivity index is 5.39. The second kappa shape index (κ2) is 14.8. The molecule has 182 valence electrons. The summed E-state index contributed by atoms with van der Waals surface area (Å²) in [6, 6.07) is -5.42. The van der Waals surface area contributed by atoms with Gasteiger partial charge in [-0.3, -0.25) is 24.2 Å². The second-order valence-electron chi connectivity index (χ2n) is 6.61. The third-order valence-corrected chi connectivity index (χ3v) is 4.34. The molecule has 0 fully saturated rings. The fourth-order valence-electron chi connectivity index (χ4n) is 2.27. The van der Waals surface area contributed by atoms with Gasteiger partial charge < -0.3 is 49.1 Å². The van der Waals surface area contributed by atoms with E-state index in [0.29, 0.717) is 0 Å². The van der Waals surface area contributed by atoms with Gasteiger partial charge >= 0.3 is 5.97 Å². The largest absolute Gasteiger partial charge is 0.480 e. The maximum atomic E-state index is 12.6. The van der Waals surface area contributed by atoms with Crippen molar-refractivity contribution in [3.05, 3.63) is 0 Å². The lowest BCUT2D eigenvalue weighted by Gasteiger charge is -2.24. The van der Waals surface area contributed by atoms with Crippen molar-refractivity contribution in [1.82, 2.24) is 16.0 Å². The van der Waals surface area contributed by atoms with E-state index in [9.17, 15) is 29.1 Å². The van der Waals surface area contributed by atoms with Crippen molar-refractivity contribution in [1.29, 1.82) is 0 Å². The molecule has 0 radical (unpaired) electrons. The van der Waals surface area contributed by atoms with Crippen LogP contribution in [0.25, 0.3) is 0 Å². The molecular weight excluding hydrogens is 448 g/mol. The Hall–Kier alpha value is -3.11. The van der Waals surface area contributed by atoms with Crippen LogP contribution in [0.3, 0.4) is 0 Å². The number of thiol groups is 1. The molecule has 0 aliphatic heterocycles. The number of nitrogens with two attached hydrogens (primary N) is 4. The first-order chi connectivity index (χ1) is 14.9. The third-order valence-electron chi connectivity index (χ3n) is 3.95. The van der Waals surface area contributed by atoms with Crippen LogP contribution in [0.2, 0.25) is 0 Å². The van der Waals surface area contributed by atoms with Gasteiger partial charge in [0.2, 0.25) is 23.6 Å². The summed E-state index contributed by atoms with van der Waals surface area (Å²) in [5.74, 6) is -5.31. The van der Waals surface area contributed by atoms with Gasteiger partial charge in [-0.25, -0.2) is 4.79 Å². The van der Waals surface area contributed by atoms with Crippen LogP contribution in [0, 0.1) is 0 Å². The number of primary amides is 1. The number of aliphatic carboxylic acids is 1. The Morgan fingerprint density at radius 3 is 1.91 bits per heavy atom. The Bertz CT molecular complexity index is 717. The molecule has 16 heteroatoms. The topological polar surface area (TPSA) is 278 Å². The highest BCUT2D eigenvalue weighted by atomic mass is 32.1. The molecule has 15 nitrogen and oxygen atoms in total. The number of rotatable bonds is 15. The highest BCUT2D eigenvalue weighted by molar-refractivity contribution is 7.80. The zero-order valence-corrected chi connectivity index (χ0v) is 18.1. The van der Waals surface area contributed by atoms with Gasteiger partial charge in [-0.05, 0) is 12.8 Å². The number of carboxylic acids is 1. The Morgan fingerprint density at radius 1 is 0.906 bits per heavy atom. The van der Waals surface area contributed by atoms with Crippen molar-refractivity contribution in [3.8, 4) is 0 Å². The summed E-state index contributed by atoms with van der Waals surface area (Å²) < 4.78 is 0. The van der Waals surface area contributed by atoms with E-state index in [4.69, 9.17) is 28.0 Å². The van der Waals surface area contributed by atoms with Crippen LogP contribution in [-0.2, 0) is 24.0 Å². The minimum atomic E-state index is -1.63. The van der Waals surface area contributed by atoms with Crippen molar-refractivity contribution in [3.63, 3.8) is 0 Å². The van der Waals surface area contributed by atoms with Crippen molar-refractivity contribution >= 4 is 48.2 Å². The summed E-state index contributed by atoms with van der Waals surface area (Å²) in [5.41, 5.74) is 20.9. The van der Waals surface area contributed by atoms with Gasteiger partial charge in [0.05, 0.1) is 19.1 Å². The Morgan fingerprint density at radius 2 is 1.44 bits per heavy atom. The van der Waals surface area contributed by atoms with Crippen LogP contribution in [0.5, 0.6) is 0 Å². The molecule has 13 N–H and O–H groups in total. The normalized spacial score (nSPS) is 14.2. The van der Waals surface area contributed by atoms with Gasteiger partial charge in [-0.2, -0.15) is 12.6 Å². The summed E-state index contributed by atoms with van der Waals surface area (Å²) in [5, 5.41) is 25.2. The zero-order chi connectivity index (χ0) is 24.8. The smallest absolute Gasteiger partial charge is 0.326 e. The predicted octanol–water partition coefficient (Wildman–Crippen LogP) is -5.30. The number of carboxylic acid groups (broad SMARTS) is 1. The third kappa shape index (κ3) is 11.3. The van der Waals surface area contributed by atoms with E-state index in [2.05, 4.69) is 33.6 Å². The van der Waals surface area contributed by atoms with E-state index in [1.54, 1.807) is 0 Å². The van der Waals surface area contributed by atoms with E-state index >= 15 is 0 Å². The van der Waals surface area contributed by atoms with E-state index in [0.717, 1.165) is 0 Å². The highest BCUT2D eigenvalue weighted by Crippen LogP contribution is 2.03. The van der Waals surface area contributed by atoms with Gasteiger partial charge in [0.15, 0.2) is 5.96 Å². The molecule has 0 rings (SSSR count). The lowest BCUT2D eigenvalue weighted by atomic mass is 10.1. The van der Waals surface area contributed by atoms with Gasteiger partial charge in [0.1, 0.15) is 18.1 Å². The van der Waals surface area contributed by atoms with Crippen LogP contribution in [-0.4, -0.2) is 88.8 Å².